The predicted molar refractivity (Wildman–Crippen MR) is 123 cm³/mol. The van der Waals surface area contributed by atoms with Gasteiger partial charge in [-0.25, -0.2) is 0 Å². The van der Waals surface area contributed by atoms with E-state index >= 15 is 0 Å². The van der Waals surface area contributed by atoms with Crippen LogP contribution in [0.2, 0.25) is 0 Å². The second-order valence-electron chi connectivity index (χ2n) is 7.77. The summed E-state index contributed by atoms with van der Waals surface area (Å²) < 4.78 is 4.17. The standard InChI is InChI=1S/C27H16N2O/c30-27-20-12-2-1-11-19(20)25-21-13-5-8-16-24(21)28-22-14-6-3-9-17(22)18-10-4-7-15-23(18)29(27)26(25)28/h1-16H. The van der Waals surface area contributed by atoms with E-state index in [4.69, 9.17) is 0 Å². The Morgan fingerprint density at radius 2 is 1.03 bits per heavy atom. The van der Waals surface area contributed by atoms with Gasteiger partial charge in [0, 0.05) is 27.3 Å². The van der Waals surface area contributed by atoms with Crippen molar-refractivity contribution in [2.75, 3.05) is 0 Å². The van der Waals surface area contributed by atoms with Crippen LogP contribution < -0.4 is 5.56 Å². The molecule has 140 valence electrons. The summed E-state index contributed by atoms with van der Waals surface area (Å²) in [7, 11) is 0. The molecule has 0 unspecified atom stereocenters. The van der Waals surface area contributed by atoms with Gasteiger partial charge in [0.2, 0.25) is 0 Å². The number of rotatable bonds is 0. The van der Waals surface area contributed by atoms with Crippen molar-refractivity contribution in [2.45, 2.75) is 0 Å². The maximum Gasteiger partial charge on any atom is 0.264 e. The second-order valence-corrected chi connectivity index (χ2v) is 7.77. The maximum atomic E-state index is 13.9. The summed E-state index contributed by atoms with van der Waals surface area (Å²) in [4.78, 5) is 13.9. The zero-order valence-corrected chi connectivity index (χ0v) is 16.0. The fourth-order valence-corrected chi connectivity index (χ4v) is 5.07. The van der Waals surface area contributed by atoms with Gasteiger partial charge in [0.05, 0.1) is 16.9 Å². The van der Waals surface area contributed by atoms with Crippen LogP contribution in [0.15, 0.2) is 102 Å². The molecule has 2 aromatic heterocycles. The molecule has 1 aliphatic heterocycles. The molecule has 3 heterocycles. The lowest BCUT2D eigenvalue weighted by Gasteiger charge is -2.13. The molecule has 6 aromatic rings. The average Bonchev–Trinajstić information content (AvgIpc) is 3.08. The third-order valence-corrected chi connectivity index (χ3v) is 6.27. The highest BCUT2D eigenvalue weighted by Gasteiger charge is 2.26. The van der Waals surface area contributed by atoms with Crippen molar-refractivity contribution in [3.05, 3.63) is 107 Å². The quantitative estimate of drug-likeness (QED) is 0.312. The van der Waals surface area contributed by atoms with Gasteiger partial charge in [0.15, 0.2) is 0 Å². The molecule has 0 spiro atoms. The molecule has 4 aromatic carbocycles. The third kappa shape index (κ3) is 1.78. The lowest BCUT2D eigenvalue weighted by molar-refractivity contribution is 1.01. The Bertz CT molecular complexity index is 1720. The molecule has 3 nitrogen and oxygen atoms in total. The molecule has 0 atom stereocenters. The topological polar surface area (TPSA) is 26.9 Å². The summed E-state index contributed by atoms with van der Waals surface area (Å²) in [5.41, 5.74) is 6.27. The number of benzene rings is 4. The Hall–Kier alpha value is -4.11. The van der Waals surface area contributed by atoms with E-state index in [9.17, 15) is 4.79 Å². The van der Waals surface area contributed by atoms with E-state index in [1.165, 1.54) is 0 Å². The molecule has 0 saturated heterocycles. The van der Waals surface area contributed by atoms with Crippen molar-refractivity contribution in [1.29, 1.82) is 0 Å². The Balaban J connectivity index is 1.93. The minimum atomic E-state index is 0.0161. The molecular weight excluding hydrogens is 368 g/mol. The molecule has 0 amide bonds. The lowest BCUT2D eigenvalue weighted by Crippen LogP contribution is -2.20. The van der Waals surface area contributed by atoms with Crippen LogP contribution in [0.4, 0.5) is 0 Å². The highest BCUT2D eigenvalue weighted by Crippen LogP contribution is 2.42. The van der Waals surface area contributed by atoms with E-state index in [1.807, 2.05) is 34.9 Å². The predicted octanol–water partition coefficient (Wildman–Crippen LogP) is 6.07. The van der Waals surface area contributed by atoms with Gasteiger partial charge in [0.25, 0.3) is 5.56 Å². The van der Waals surface area contributed by atoms with Crippen LogP contribution in [0.1, 0.15) is 0 Å². The van der Waals surface area contributed by atoms with Crippen LogP contribution in [0.3, 0.4) is 0 Å². The Kier molecular flexibility index (Phi) is 2.88. The van der Waals surface area contributed by atoms with E-state index in [0.717, 1.165) is 55.2 Å². The summed E-state index contributed by atoms with van der Waals surface area (Å²) in [5, 5.41) is 4.02. The molecule has 0 saturated carbocycles. The molecule has 30 heavy (non-hydrogen) atoms. The monoisotopic (exact) mass is 384 g/mol. The van der Waals surface area contributed by atoms with Gasteiger partial charge < -0.3 is 0 Å². The molecule has 0 fully saturated rings. The van der Waals surface area contributed by atoms with Gasteiger partial charge in [-0.15, -0.1) is 0 Å². The van der Waals surface area contributed by atoms with E-state index in [-0.39, 0.29) is 5.56 Å². The SMILES string of the molecule is O=c1c2ccccc2c2c3ccccc3n3c2n1-c1ccccc1-c1ccccc1-3. The largest absolute Gasteiger partial charge is 0.294 e. The molecular formula is C27H16N2O. The van der Waals surface area contributed by atoms with Gasteiger partial charge in [-0.1, -0.05) is 72.8 Å². The highest BCUT2D eigenvalue weighted by atomic mass is 16.1. The lowest BCUT2D eigenvalue weighted by atomic mass is 10.0. The van der Waals surface area contributed by atoms with Crippen LogP contribution in [0.25, 0.3) is 55.2 Å². The second kappa shape index (κ2) is 5.49. The van der Waals surface area contributed by atoms with E-state index in [2.05, 4.69) is 71.3 Å². The Morgan fingerprint density at radius 3 is 1.77 bits per heavy atom. The molecule has 0 aliphatic carbocycles. The molecule has 7 rings (SSSR count). The first kappa shape index (κ1) is 15.8. The Morgan fingerprint density at radius 1 is 0.500 bits per heavy atom. The molecule has 3 heteroatoms. The summed E-state index contributed by atoms with van der Waals surface area (Å²) in [6, 6.07) is 33.0. The minimum absolute atomic E-state index is 0.0161. The minimum Gasteiger partial charge on any atom is -0.294 e. The van der Waals surface area contributed by atoms with Gasteiger partial charge in [-0.3, -0.25) is 13.9 Å². The van der Waals surface area contributed by atoms with Gasteiger partial charge >= 0.3 is 0 Å². The number of nitrogens with zero attached hydrogens (tertiary/aromatic N) is 2. The van der Waals surface area contributed by atoms with E-state index < -0.39 is 0 Å². The van der Waals surface area contributed by atoms with E-state index in [0.29, 0.717) is 0 Å². The highest BCUT2D eigenvalue weighted by molar-refractivity contribution is 6.21. The summed E-state index contributed by atoms with van der Waals surface area (Å²) >= 11 is 0. The van der Waals surface area contributed by atoms with Gasteiger partial charge in [-0.2, -0.15) is 0 Å². The number of hydrogen-bond donors (Lipinski definition) is 0. The van der Waals surface area contributed by atoms with Crippen LogP contribution in [0, 0.1) is 0 Å². The van der Waals surface area contributed by atoms with Gasteiger partial charge in [0.1, 0.15) is 5.65 Å². The van der Waals surface area contributed by atoms with Gasteiger partial charge in [-0.05, 0) is 29.7 Å². The summed E-state index contributed by atoms with van der Waals surface area (Å²) in [5.74, 6) is 0. The first-order valence-corrected chi connectivity index (χ1v) is 10.1. The van der Waals surface area contributed by atoms with Crippen LogP contribution in [-0.4, -0.2) is 9.13 Å². The first-order valence-electron chi connectivity index (χ1n) is 10.1. The van der Waals surface area contributed by atoms with Crippen molar-refractivity contribution in [3.8, 4) is 22.5 Å². The fourth-order valence-electron chi connectivity index (χ4n) is 5.07. The fraction of sp³-hybridized carbons (Fsp3) is 0. The number of hydrogen-bond acceptors (Lipinski definition) is 1. The zero-order chi connectivity index (χ0) is 19.8. The van der Waals surface area contributed by atoms with Crippen LogP contribution >= 0.6 is 0 Å². The number of pyridine rings is 1. The third-order valence-electron chi connectivity index (χ3n) is 6.27. The number of fused-ring (bicyclic) bond motifs is 10. The average molecular weight is 384 g/mol. The normalized spacial score (nSPS) is 12.1. The van der Waals surface area contributed by atoms with Crippen molar-refractivity contribution < 1.29 is 0 Å². The van der Waals surface area contributed by atoms with Crippen molar-refractivity contribution in [1.82, 2.24) is 9.13 Å². The summed E-state index contributed by atoms with van der Waals surface area (Å²) in [6.45, 7) is 0. The van der Waals surface area contributed by atoms with Crippen LogP contribution in [-0.2, 0) is 0 Å². The number of para-hydroxylation sites is 3. The van der Waals surface area contributed by atoms with Crippen molar-refractivity contribution >= 4 is 32.7 Å². The van der Waals surface area contributed by atoms with Crippen molar-refractivity contribution in [2.24, 2.45) is 0 Å². The first-order chi connectivity index (χ1) is 14.8. The zero-order valence-electron chi connectivity index (χ0n) is 16.0. The number of aromatic nitrogens is 2. The smallest absolute Gasteiger partial charge is 0.264 e. The molecule has 0 N–H and O–H groups in total. The summed E-state index contributed by atoms with van der Waals surface area (Å²) in [6.07, 6.45) is 0. The molecule has 0 bridgehead atoms. The Labute approximate surface area is 172 Å². The van der Waals surface area contributed by atoms with Crippen LogP contribution in [0.5, 0.6) is 0 Å². The maximum absolute atomic E-state index is 13.9. The molecule has 1 aliphatic rings. The van der Waals surface area contributed by atoms with Crippen molar-refractivity contribution in [3.63, 3.8) is 0 Å². The molecule has 0 radical (unpaired) electrons. The van der Waals surface area contributed by atoms with E-state index in [1.54, 1.807) is 0 Å².